The summed E-state index contributed by atoms with van der Waals surface area (Å²) < 4.78 is 3.23. The monoisotopic (exact) mass is 176 g/mol. The Hall–Kier alpha value is -1.58. The smallest absolute Gasteiger partial charge is 0.291 e. The third-order valence-electron chi connectivity index (χ3n) is 2.15. The lowest BCUT2D eigenvalue weighted by Crippen LogP contribution is -2.21. The van der Waals surface area contributed by atoms with E-state index in [-0.39, 0.29) is 5.69 Å². The van der Waals surface area contributed by atoms with E-state index in [4.69, 9.17) is 0 Å². The molecule has 0 spiro atoms. The maximum absolute atomic E-state index is 11.6. The van der Waals surface area contributed by atoms with Gasteiger partial charge in [-0.05, 0) is 13.0 Å². The Bertz CT molecular complexity index is 495. The summed E-state index contributed by atoms with van der Waals surface area (Å²) in [5.74, 6) is 0. The second-order valence-corrected chi connectivity index (χ2v) is 2.86. The number of rotatable bonds is 1. The van der Waals surface area contributed by atoms with Crippen molar-refractivity contribution in [1.82, 2.24) is 14.1 Å². The number of nitrogens with zero attached hydrogens (tertiary/aromatic N) is 3. The minimum Gasteiger partial charge on any atom is -0.291 e. The molecule has 0 aromatic carbocycles. The van der Waals surface area contributed by atoms with Crippen LogP contribution in [0.2, 0.25) is 0 Å². The Labute approximate surface area is 75.4 Å². The normalized spacial score (nSPS) is 10.9. The summed E-state index contributed by atoms with van der Waals surface area (Å²) >= 11 is 0. The van der Waals surface area contributed by atoms with Gasteiger partial charge in [-0.25, -0.2) is 9.78 Å². The third kappa shape index (κ3) is 0.983. The van der Waals surface area contributed by atoms with Crippen molar-refractivity contribution in [2.45, 2.75) is 13.5 Å². The maximum atomic E-state index is 11.6. The van der Waals surface area contributed by atoms with Crippen molar-refractivity contribution >= 4 is 11.2 Å². The van der Waals surface area contributed by atoms with Gasteiger partial charge in [0.2, 0.25) is 0 Å². The highest BCUT2D eigenvalue weighted by Gasteiger charge is 2.08. The van der Waals surface area contributed by atoms with Crippen molar-refractivity contribution < 1.29 is 0 Å². The van der Waals surface area contributed by atoms with E-state index in [1.54, 1.807) is 28.4 Å². The highest BCUT2D eigenvalue weighted by molar-refractivity contribution is 5.70. The molecule has 0 unspecified atom stereocenters. The molecule has 0 saturated heterocycles. The van der Waals surface area contributed by atoms with E-state index >= 15 is 0 Å². The summed E-state index contributed by atoms with van der Waals surface area (Å²) in [6.07, 6.45) is 1.57. The number of pyridine rings is 1. The van der Waals surface area contributed by atoms with E-state index in [1.165, 1.54) is 0 Å². The number of hydrogen-bond acceptors (Lipinski definition) is 2. The van der Waals surface area contributed by atoms with Gasteiger partial charge in [0, 0.05) is 25.9 Å². The van der Waals surface area contributed by atoms with Crippen LogP contribution in [0.4, 0.5) is 0 Å². The lowest BCUT2D eigenvalue weighted by atomic mass is 10.4. The van der Waals surface area contributed by atoms with E-state index in [2.05, 4.69) is 11.1 Å². The van der Waals surface area contributed by atoms with Crippen LogP contribution in [0.1, 0.15) is 6.92 Å². The zero-order chi connectivity index (χ0) is 9.42. The van der Waals surface area contributed by atoms with Crippen molar-refractivity contribution in [1.29, 1.82) is 0 Å². The molecule has 0 atom stereocenters. The molecule has 2 rings (SSSR count). The van der Waals surface area contributed by atoms with Gasteiger partial charge in [0.25, 0.3) is 0 Å². The fourth-order valence-electron chi connectivity index (χ4n) is 1.48. The van der Waals surface area contributed by atoms with Gasteiger partial charge in [-0.2, -0.15) is 0 Å². The molecule has 0 aliphatic carbocycles. The highest BCUT2D eigenvalue weighted by atomic mass is 16.1. The molecular formula is C9H10N3O. The van der Waals surface area contributed by atoms with Crippen molar-refractivity contribution in [3.63, 3.8) is 0 Å². The van der Waals surface area contributed by atoms with Gasteiger partial charge in [-0.15, -0.1) is 0 Å². The Morgan fingerprint density at radius 1 is 1.62 bits per heavy atom. The van der Waals surface area contributed by atoms with E-state index in [1.807, 2.05) is 6.92 Å². The Balaban J connectivity index is 2.98. The predicted octanol–water partition coefficient (Wildman–Crippen LogP) is 0.555. The van der Waals surface area contributed by atoms with Crippen LogP contribution in [-0.2, 0) is 13.6 Å². The lowest BCUT2D eigenvalue weighted by Gasteiger charge is -1.94. The van der Waals surface area contributed by atoms with Crippen LogP contribution >= 0.6 is 0 Å². The molecule has 4 heteroatoms. The summed E-state index contributed by atoms with van der Waals surface area (Å²) in [4.78, 5) is 15.7. The molecule has 0 amide bonds. The van der Waals surface area contributed by atoms with Gasteiger partial charge in [-0.1, -0.05) is 0 Å². The molecule has 0 bridgehead atoms. The first-order valence-corrected chi connectivity index (χ1v) is 4.17. The minimum atomic E-state index is -0.0235. The SMILES string of the molecule is CCn1c(=O)n(C)c2nc[c]cc21. The van der Waals surface area contributed by atoms with Crippen LogP contribution < -0.4 is 5.69 Å². The van der Waals surface area contributed by atoms with Crippen LogP contribution in [-0.4, -0.2) is 14.1 Å². The lowest BCUT2D eigenvalue weighted by molar-refractivity contribution is 0.711. The molecule has 2 aromatic rings. The van der Waals surface area contributed by atoms with Crippen molar-refractivity contribution in [2.75, 3.05) is 0 Å². The van der Waals surface area contributed by atoms with Crippen molar-refractivity contribution in [2.24, 2.45) is 7.05 Å². The van der Waals surface area contributed by atoms with E-state index < -0.39 is 0 Å². The zero-order valence-corrected chi connectivity index (χ0v) is 7.61. The van der Waals surface area contributed by atoms with Crippen LogP contribution in [0.5, 0.6) is 0 Å². The predicted molar refractivity (Wildman–Crippen MR) is 49.5 cm³/mol. The topological polar surface area (TPSA) is 39.8 Å². The van der Waals surface area contributed by atoms with Crippen molar-refractivity contribution in [3.8, 4) is 0 Å². The number of aryl methyl sites for hydroxylation is 2. The summed E-state index contributed by atoms with van der Waals surface area (Å²) in [6.45, 7) is 2.60. The summed E-state index contributed by atoms with van der Waals surface area (Å²) in [5.41, 5.74) is 1.53. The molecule has 4 nitrogen and oxygen atoms in total. The largest absolute Gasteiger partial charge is 0.330 e. The van der Waals surface area contributed by atoms with Gasteiger partial charge in [-0.3, -0.25) is 9.13 Å². The quantitative estimate of drug-likeness (QED) is 0.636. The fourth-order valence-corrected chi connectivity index (χ4v) is 1.48. The summed E-state index contributed by atoms with van der Waals surface area (Å²) in [6, 6.07) is 4.65. The summed E-state index contributed by atoms with van der Waals surface area (Å²) in [7, 11) is 1.73. The van der Waals surface area contributed by atoms with Crippen LogP contribution in [0.15, 0.2) is 17.1 Å². The van der Waals surface area contributed by atoms with Crippen molar-refractivity contribution in [3.05, 3.63) is 28.8 Å². The van der Waals surface area contributed by atoms with Gasteiger partial charge >= 0.3 is 5.69 Å². The molecule has 1 radical (unpaired) electrons. The molecule has 0 fully saturated rings. The third-order valence-corrected chi connectivity index (χ3v) is 2.15. The number of imidazole rings is 1. The highest BCUT2D eigenvalue weighted by Crippen LogP contribution is 2.06. The van der Waals surface area contributed by atoms with Crippen LogP contribution in [0, 0.1) is 6.07 Å². The molecule has 2 heterocycles. The molecule has 67 valence electrons. The summed E-state index contributed by atoms with van der Waals surface area (Å²) in [5, 5.41) is 0. The molecule has 0 N–H and O–H groups in total. The molecule has 0 aliphatic rings. The van der Waals surface area contributed by atoms with Gasteiger partial charge in [0.15, 0.2) is 5.65 Å². The maximum Gasteiger partial charge on any atom is 0.330 e. The Morgan fingerprint density at radius 2 is 2.38 bits per heavy atom. The molecule has 0 saturated carbocycles. The van der Waals surface area contributed by atoms with Gasteiger partial charge in [0.05, 0.1) is 5.52 Å². The van der Waals surface area contributed by atoms with E-state index in [0.717, 1.165) is 5.52 Å². The second-order valence-electron chi connectivity index (χ2n) is 2.86. The average molecular weight is 176 g/mol. The average Bonchev–Trinajstić information content (AvgIpc) is 2.41. The number of aromatic nitrogens is 3. The number of fused-ring (bicyclic) bond motifs is 1. The molecule has 2 aromatic heterocycles. The fraction of sp³-hybridized carbons (Fsp3) is 0.333. The first-order valence-electron chi connectivity index (χ1n) is 4.17. The van der Waals surface area contributed by atoms with Crippen LogP contribution in [0.3, 0.4) is 0 Å². The van der Waals surface area contributed by atoms with Gasteiger partial charge < -0.3 is 0 Å². The molecular weight excluding hydrogens is 166 g/mol. The standard InChI is InChI=1S/C9H10N3O/c1-3-12-7-5-4-6-10-8(7)11(2)9(12)13/h5-6H,3H2,1-2H3. The van der Waals surface area contributed by atoms with E-state index in [0.29, 0.717) is 12.2 Å². The first kappa shape index (κ1) is 8.04. The molecule has 13 heavy (non-hydrogen) atoms. The number of hydrogen-bond donors (Lipinski definition) is 0. The second kappa shape index (κ2) is 2.73. The first-order chi connectivity index (χ1) is 6.25. The minimum absolute atomic E-state index is 0.0235. The van der Waals surface area contributed by atoms with Gasteiger partial charge in [0.1, 0.15) is 0 Å². The Morgan fingerprint density at radius 3 is 3.08 bits per heavy atom. The Kier molecular flexibility index (Phi) is 1.69. The zero-order valence-electron chi connectivity index (χ0n) is 7.61. The molecule has 0 aliphatic heterocycles. The van der Waals surface area contributed by atoms with Crippen LogP contribution in [0.25, 0.3) is 11.2 Å². The van der Waals surface area contributed by atoms with E-state index in [9.17, 15) is 4.79 Å².